The number of aryl methyl sites for hydroxylation is 1. The molecule has 0 spiro atoms. The zero-order valence-electron chi connectivity index (χ0n) is 10.2. The molecule has 0 fully saturated rings. The molecule has 1 heterocycles. The number of nitrogens with zero attached hydrogens (tertiary/aromatic N) is 1. The number of halogens is 3. The topological polar surface area (TPSA) is 62.2 Å². The van der Waals surface area contributed by atoms with Crippen LogP contribution in [0.3, 0.4) is 0 Å². The van der Waals surface area contributed by atoms with E-state index in [-0.39, 0.29) is 11.4 Å². The van der Waals surface area contributed by atoms with Gasteiger partial charge in [0.25, 0.3) is 0 Å². The monoisotopic (exact) mass is 342 g/mol. The fourth-order valence-electron chi connectivity index (χ4n) is 1.60. The summed E-state index contributed by atoms with van der Waals surface area (Å²) in [6.45, 7) is 1.81. The molecule has 104 valence electrons. The van der Waals surface area contributed by atoms with Crippen molar-refractivity contribution in [3.63, 3.8) is 0 Å². The molecule has 7 heteroatoms. The highest BCUT2D eigenvalue weighted by molar-refractivity contribution is 9.10. The van der Waals surface area contributed by atoms with Crippen LogP contribution in [-0.2, 0) is 0 Å². The fraction of sp³-hybridized carbons (Fsp3) is 0.0769. The summed E-state index contributed by atoms with van der Waals surface area (Å²) in [5.41, 5.74) is 0.0216. The second-order valence-corrected chi connectivity index (χ2v) is 4.91. The minimum Gasteiger partial charge on any atom is -0.478 e. The van der Waals surface area contributed by atoms with E-state index in [4.69, 9.17) is 5.11 Å². The largest absolute Gasteiger partial charge is 0.478 e. The Hall–Kier alpha value is -2.02. The van der Waals surface area contributed by atoms with Crippen molar-refractivity contribution in [2.45, 2.75) is 6.92 Å². The summed E-state index contributed by atoms with van der Waals surface area (Å²) < 4.78 is 27.5. The molecule has 1 aromatic heterocycles. The Bertz CT molecular complexity index is 692. The first kappa shape index (κ1) is 14.4. The summed E-state index contributed by atoms with van der Waals surface area (Å²) in [7, 11) is 0. The van der Waals surface area contributed by atoms with E-state index in [1.54, 1.807) is 6.07 Å². The third kappa shape index (κ3) is 2.77. The van der Waals surface area contributed by atoms with Crippen LogP contribution in [-0.4, -0.2) is 16.1 Å². The van der Waals surface area contributed by atoms with Crippen LogP contribution >= 0.6 is 15.9 Å². The van der Waals surface area contributed by atoms with Gasteiger partial charge in [-0.1, -0.05) is 0 Å². The number of anilines is 2. The summed E-state index contributed by atoms with van der Waals surface area (Å²) in [6.07, 6.45) is 1.52. The first-order chi connectivity index (χ1) is 9.40. The standard InChI is InChI=1S/C13H9BrF2N2O2/c1-6-4-8(14)12(17-5-6)18-11-7(13(19)20)2-3-9(15)10(11)16/h2-5H,1H3,(H,17,18)(H,19,20). The highest BCUT2D eigenvalue weighted by Gasteiger charge is 2.19. The van der Waals surface area contributed by atoms with Crippen molar-refractivity contribution in [1.82, 2.24) is 4.98 Å². The van der Waals surface area contributed by atoms with Gasteiger partial charge in [0, 0.05) is 6.20 Å². The number of carboxylic acids is 1. The van der Waals surface area contributed by atoms with Crippen molar-refractivity contribution in [3.05, 3.63) is 51.6 Å². The highest BCUT2D eigenvalue weighted by atomic mass is 79.9. The molecule has 0 saturated carbocycles. The molecular weight excluding hydrogens is 334 g/mol. The first-order valence-corrected chi connectivity index (χ1v) is 6.30. The molecule has 2 N–H and O–H groups in total. The minimum atomic E-state index is -1.37. The number of aromatic nitrogens is 1. The Morgan fingerprint density at radius 3 is 2.70 bits per heavy atom. The Morgan fingerprint density at radius 1 is 1.40 bits per heavy atom. The lowest BCUT2D eigenvalue weighted by molar-refractivity contribution is 0.0697. The number of carboxylic acid groups (broad SMARTS) is 1. The van der Waals surface area contributed by atoms with Crippen molar-refractivity contribution < 1.29 is 18.7 Å². The lowest BCUT2D eigenvalue weighted by Crippen LogP contribution is -2.07. The molecule has 0 aliphatic carbocycles. The van der Waals surface area contributed by atoms with E-state index in [1.165, 1.54) is 6.20 Å². The van der Waals surface area contributed by atoms with Crippen LogP contribution < -0.4 is 5.32 Å². The van der Waals surface area contributed by atoms with E-state index >= 15 is 0 Å². The Morgan fingerprint density at radius 2 is 2.10 bits per heavy atom. The van der Waals surface area contributed by atoms with Gasteiger partial charge in [0.2, 0.25) is 0 Å². The average Bonchev–Trinajstić information content (AvgIpc) is 2.37. The Kier molecular flexibility index (Phi) is 3.99. The van der Waals surface area contributed by atoms with Gasteiger partial charge in [-0.3, -0.25) is 0 Å². The molecule has 20 heavy (non-hydrogen) atoms. The smallest absolute Gasteiger partial charge is 0.337 e. The molecule has 0 saturated heterocycles. The number of benzene rings is 1. The van der Waals surface area contributed by atoms with Crippen LogP contribution in [0.15, 0.2) is 28.9 Å². The lowest BCUT2D eigenvalue weighted by Gasteiger charge is -2.12. The summed E-state index contributed by atoms with van der Waals surface area (Å²) in [5.74, 6) is -3.57. The maximum absolute atomic E-state index is 13.8. The normalized spacial score (nSPS) is 10.4. The molecule has 2 rings (SSSR count). The first-order valence-electron chi connectivity index (χ1n) is 5.50. The maximum Gasteiger partial charge on any atom is 0.337 e. The molecule has 0 unspecified atom stereocenters. The van der Waals surface area contributed by atoms with Gasteiger partial charge in [-0.25, -0.2) is 18.6 Å². The van der Waals surface area contributed by atoms with Crippen LogP contribution in [0, 0.1) is 18.6 Å². The molecule has 0 aliphatic heterocycles. The van der Waals surface area contributed by atoms with E-state index in [1.807, 2.05) is 6.92 Å². The molecule has 4 nitrogen and oxygen atoms in total. The van der Waals surface area contributed by atoms with Crippen molar-refractivity contribution in [2.24, 2.45) is 0 Å². The molecule has 2 aromatic rings. The number of hydrogen-bond acceptors (Lipinski definition) is 3. The average molecular weight is 343 g/mol. The van der Waals surface area contributed by atoms with Crippen molar-refractivity contribution in [3.8, 4) is 0 Å². The van der Waals surface area contributed by atoms with Gasteiger partial charge in [0.05, 0.1) is 15.7 Å². The van der Waals surface area contributed by atoms with Gasteiger partial charge in [0.15, 0.2) is 11.6 Å². The number of pyridine rings is 1. The van der Waals surface area contributed by atoms with Crippen molar-refractivity contribution in [2.75, 3.05) is 5.32 Å². The fourth-order valence-corrected chi connectivity index (χ4v) is 2.16. The molecule has 1 aromatic carbocycles. The summed E-state index contributed by atoms with van der Waals surface area (Å²) in [4.78, 5) is 15.1. The third-order valence-electron chi connectivity index (χ3n) is 2.55. The zero-order chi connectivity index (χ0) is 14.9. The van der Waals surface area contributed by atoms with Crippen molar-refractivity contribution in [1.29, 1.82) is 0 Å². The molecule has 0 bridgehead atoms. The second-order valence-electron chi connectivity index (χ2n) is 4.06. The molecule has 0 amide bonds. The highest BCUT2D eigenvalue weighted by Crippen LogP contribution is 2.29. The Labute approximate surface area is 121 Å². The second kappa shape index (κ2) is 5.54. The number of rotatable bonds is 3. The van der Waals surface area contributed by atoms with Crippen LogP contribution in [0.2, 0.25) is 0 Å². The number of carbonyl (C=O) groups is 1. The van der Waals surface area contributed by atoms with Crippen molar-refractivity contribution >= 4 is 33.4 Å². The molecular formula is C13H9BrF2N2O2. The quantitative estimate of drug-likeness (QED) is 0.888. The van der Waals surface area contributed by atoms with E-state index in [0.29, 0.717) is 4.47 Å². The molecule has 0 atom stereocenters. The zero-order valence-corrected chi connectivity index (χ0v) is 11.8. The number of aromatic carboxylic acids is 1. The predicted molar refractivity (Wildman–Crippen MR) is 73.3 cm³/mol. The number of hydrogen-bond donors (Lipinski definition) is 2. The van der Waals surface area contributed by atoms with E-state index in [0.717, 1.165) is 17.7 Å². The third-order valence-corrected chi connectivity index (χ3v) is 3.15. The van der Waals surface area contributed by atoms with Crippen LogP contribution in [0.5, 0.6) is 0 Å². The minimum absolute atomic E-state index is 0.197. The van der Waals surface area contributed by atoms with Gasteiger partial charge < -0.3 is 10.4 Å². The maximum atomic E-state index is 13.8. The van der Waals surface area contributed by atoms with Crippen LogP contribution in [0.25, 0.3) is 0 Å². The van der Waals surface area contributed by atoms with E-state index in [9.17, 15) is 13.6 Å². The number of nitrogens with one attached hydrogen (secondary N) is 1. The summed E-state index contributed by atoms with van der Waals surface area (Å²) in [6, 6.07) is 3.47. The van der Waals surface area contributed by atoms with Gasteiger partial charge in [-0.15, -0.1) is 0 Å². The van der Waals surface area contributed by atoms with E-state index < -0.39 is 23.3 Å². The SMILES string of the molecule is Cc1cnc(Nc2c(C(=O)O)ccc(F)c2F)c(Br)c1. The molecule has 0 aliphatic rings. The van der Waals surface area contributed by atoms with Gasteiger partial charge in [-0.2, -0.15) is 0 Å². The van der Waals surface area contributed by atoms with Gasteiger partial charge in [0.1, 0.15) is 5.82 Å². The van der Waals surface area contributed by atoms with E-state index in [2.05, 4.69) is 26.2 Å². The van der Waals surface area contributed by atoms with Gasteiger partial charge in [-0.05, 0) is 46.6 Å². The molecule has 0 radical (unpaired) electrons. The van der Waals surface area contributed by atoms with Crippen LogP contribution in [0.4, 0.5) is 20.3 Å². The summed E-state index contributed by atoms with van der Waals surface area (Å²) in [5, 5.41) is 11.5. The Balaban J connectivity index is 2.52. The van der Waals surface area contributed by atoms with Gasteiger partial charge >= 0.3 is 5.97 Å². The lowest BCUT2D eigenvalue weighted by atomic mass is 10.1. The summed E-state index contributed by atoms with van der Waals surface area (Å²) >= 11 is 3.22. The van der Waals surface area contributed by atoms with Crippen LogP contribution in [0.1, 0.15) is 15.9 Å². The predicted octanol–water partition coefficient (Wildman–Crippen LogP) is 3.87.